The van der Waals surface area contributed by atoms with Crippen molar-refractivity contribution < 1.29 is 8.83 Å². The Morgan fingerprint density at radius 2 is 0.885 bits per heavy atom. The minimum Gasteiger partial charge on any atom is -0.456 e. The van der Waals surface area contributed by atoms with Crippen molar-refractivity contribution in [1.82, 2.24) is 19.5 Å². The Balaban J connectivity index is 1.12. The van der Waals surface area contributed by atoms with E-state index in [1.807, 2.05) is 60.7 Å². The van der Waals surface area contributed by atoms with Gasteiger partial charge in [-0.2, -0.15) is 0 Å². The van der Waals surface area contributed by atoms with Crippen LogP contribution in [0.15, 0.2) is 106 Å². The van der Waals surface area contributed by atoms with E-state index in [0.717, 1.165) is 60.2 Å². The van der Waals surface area contributed by atoms with Crippen molar-refractivity contribution in [3.63, 3.8) is 0 Å². The monoisotopic (exact) mass is 754 g/mol. The number of benzene rings is 7. The van der Waals surface area contributed by atoms with Gasteiger partial charge in [0.1, 0.15) is 95.2 Å². The van der Waals surface area contributed by atoms with Gasteiger partial charge in [0, 0.05) is 54.7 Å². The Kier molecular flexibility index (Phi) is 8.35. The molecule has 258 valence electrons. The summed E-state index contributed by atoms with van der Waals surface area (Å²) >= 11 is 0. The molecule has 0 N–H and O–H groups in total. The quantitative estimate of drug-likeness (QED) is 0.232. The first-order valence-corrected chi connectivity index (χ1v) is 19.0. The van der Waals surface area contributed by atoms with Crippen LogP contribution in [0.3, 0.4) is 0 Å². The molecule has 0 atom stereocenters. The standard InChI is InChI=1S/C45H16B10N4O2/c46-31-29(32(47)36(51)39(54)35(31)50)44-56-43(57-45(58-44)30-33(48)37(52)40(55)38(53)34(30)49)17-9-11-21-24-16-18(10-14-27(24)60-28(21)15-17)59-25-7-3-1-5-19(25)22-12-13-23-20-6-2-4-8-26(20)61-42(23)41(22)59/h1-16H. The van der Waals surface area contributed by atoms with E-state index in [1.54, 1.807) is 0 Å². The summed E-state index contributed by atoms with van der Waals surface area (Å²) in [6.45, 7) is 0. The maximum Gasteiger partial charge on any atom is 0.164 e. The van der Waals surface area contributed by atoms with Crippen LogP contribution in [0.2, 0.25) is 0 Å². The molecule has 16 heteroatoms. The average Bonchev–Trinajstić information content (AvgIpc) is 3.95. The maximum absolute atomic E-state index is 6.57. The number of hydrogen-bond donors (Lipinski definition) is 0. The fourth-order valence-corrected chi connectivity index (χ4v) is 8.45. The van der Waals surface area contributed by atoms with Crippen LogP contribution >= 0.6 is 0 Å². The lowest BCUT2D eigenvalue weighted by Gasteiger charge is -2.22. The van der Waals surface area contributed by atoms with Gasteiger partial charge in [-0.15, -0.1) is 32.8 Å². The van der Waals surface area contributed by atoms with Crippen LogP contribution in [-0.4, -0.2) is 98.0 Å². The second-order valence-corrected chi connectivity index (χ2v) is 15.0. The number of furan rings is 2. The molecule has 0 bridgehead atoms. The molecule has 61 heavy (non-hydrogen) atoms. The zero-order valence-electron chi connectivity index (χ0n) is 32.1. The molecule has 0 aliphatic carbocycles. The molecule has 7 aromatic carbocycles. The van der Waals surface area contributed by atoms with E-state index in [4.69, 9.17) is 102 Å². The van der Waals surface area contributed by atoms with Crippen LogP contribution in [0.1, 0.15) is 0 Å². The third-order valence-electron chi connectivity index (χ3n) is 11.6. The van der Waals surface area contributed by atoms with Gasteiger partial charge >= 0.3 is 0 Å². The minimum absolute atomic E-state index is 0.000231. The van der Waals surface area contributed by atoms with Crippen molar-refractivity contribution in [2.75, 3.05) is 0 Å². The fraction of sp³-hybridized carbons (Fsp3) is 0. The second kappa shape index (κ2) is 13.6. The molecule has 0 fully saturated rings. The number of rotatable bonds is 4. The lowest BCUT2D eigenvalue weighted by Crippen LogP contribution is -2.55. The predicted octanol–water partition coefficient (Wildman–Crippen LogP) is -0.293. The Bertz CT molecular complexity index is 3600. The first kappa shape index (κ1) is 37.6. The lowest BCUT2D eigenvalue weighted by atomic mass is 9.60. The third-order valence-corrected chi connectivity index (χ3v) is 11.6. The Morgan fingerprint density at radius 1 is 0.377 bits per heavy atom. The maximum atomic E-state index is 6.57. The van der Waals surface area contributed by atoms with E-state index in [2.05, 4.69) is 41.0 Å². The van der Waals surface area contributed by atoms with Crippen LogP contribution in [0.25, 0.3) is 106 Å². The molecule has 0 amide bonds. The molecular weight excluding hydrogens is 737 g/mol. The van der Waals surface area contributed by atoms with Gasteiger partial charge in [0.25, 0.3) is 0 Å². The molecule has 20 radical (unpaired) electrons. The van der Waals surface area contributed by atoms with Gasteiger partial charge in [-0.3, -0.25) is 0 Å². The number of nitrogens with zero attached hydrogens (tertiary/aromatic N) is 4. The first-order chi connectivity index (χ1) is 29.4. The fourth-order valence-electron chi connectivity index (χ4n) is 8.45. The van der Waals surface area contributed by atoms with Gasteiger partial charge < -0.3 is 13.4 Å². The molecule has 11 rings (SSSR count). The summed E-state index contributed by atoms with van der Waals surface area (Å²) in [4.78, 5) is 14.3. The Hall–Kier alpha value is -6.40. The molecule has 4 heterocycles. The molecule has 4 aromatic heterocycles. The minimum atomic E-state index is 0.000231. The van der Waals surface area contributed by atoms with E-state index in [-0.39, 0.29) is 83.2 Å². The Labute approximate surface area is 362 Å². The molecule has 0 aliphatic heterocycles. The lowest BCUT2D eigenvalue weighted by molar-refractivity contribution is 0.669. The predicted molar refractivity (Wildman–Crippen MR) is 259 cm³/mol. The smallest absolute Gasteiger partial charge is 0.164 e. The van der Waals surface area contributed by atoms with Gasteiger partial charge in [-0.05, 0) is 48.5 Å². The van der Waals surface area contributed by atoms with E-state index in [1.165, 1.54) is 0 Å². The summed E-state index contributed by atoms with van der Waals surface area (Å²) in [6, 6.07) is 32.5. The molecule has 11 aromatic rings. The van der Waals surface area contributed by atoms with E-state index in [0.29, 0.717) is 16.7 Å². The third kappa shape index (κ3) is 5.40. The van der Waals surface area contributed by atoms with E-state index in [9.17, 15) is 0 Å². The topological polar surface area (TPSA) is 69.9 Å². The largest absolute Gasteiger partial charge is 0.456 e. The summed E-state index contributed by atoms with van der Waals surface area (Å²) in [6.07, 6.45) is 0. The number of hydrogen-bond acceptors (Lipinski definition) is 5. The van der Waals surface area contributed by atoms with Crippen molar-refractivity contribution >= 4 is 199 Å². The molecule has 0 saturated carbocycles. The highest BCUT2D eigenvalue weighted by Gasteiger charge is 2.23. The van der Waals surface area contributed by atoms with Gasteiger partial charge in [-0.1, -0.05) is 70.4 Å². The summed E-state index contributed by atoms with van der Waals surface area (Å²) in [5, 5.41) is 6.04. The molecule has 0 saturated heterocycles. The van der Waals surface area contributed by atoms with Crippen molar-refractivity contribution in [2.24, 2.45) is 0 Å². The average molecular weight is 753 g/mol. The summed E-state index contributed by atoms with van der Waals surface area (Å²) < 4.78 is 15.3. The number of para-hydroxylation sites is 2. The van der Waals surface area contributed by atoms with Crippen LogP contribution < -0.4 is 54.6 Å². The van der Waals surface area contributed by atoms with Crippen LogP contribution in [0.4, 0.5) is 0 Å². The highest BCUT2D eigenvalue weighted by atomic mass is 16.3. The summed E-state index contributed by atoms with van der Waals surface area (Å²) in [7, 11) is 63.3. The number of fused-ring (bicyclic) bond motifs is 10. The van der Waals surface area contributed by atoms with Gasteiger partial charge in [0.15, 0.2) is 23.1 Å². The van der Waals surface area contributed by atoms with Crippen molar-refractivity contribution in [2.45, 2.75) is 0 Å². The highest BCUT2D eigenvalue weighted by molar-refractivity contribution is 6.70. The highest BCUT2D eigenvalue weighted by Crippen LogP contribution is 2.41. The zero-order chi connectivity index (χ0) is 42.2. The van der Waals surface area contributed by atoms with Crippen molar-refractivity contribution in [1.29, 1.82) is 0 Å². The molecule has 0 unspecified atom stereocenters. The molecule has 0 aliphatic rings. The summed E-state index contributed by atoms with van der Waals surface area (Å²) in [5.74, 6) is 0.171. The van der Waals surface area contributed by atoms with Crippen LogP contribution in [0.5, 0.6) is 0 Å². The molecule has 6 nitrogen and oxygen atoms in total. The van der Waals surface area contributed by atoms with Gasteiger partial charge in [0.2, 0.25) is 0 Å². The van der Waals surface area contributed by atoms with Gasteiger partial charge in [-0.25, -0.2) is 15.0 Å². The second-order valence-electron chi connectivity index (χ2n) is 15.0. The number of aromatic nitrogens is 4. The zero-order valence-corrected chi connectivity index (χ0v) is 32.1. The summed E-state index contributed by atoms with van der Waals surface area (Å²) in [5.41, 5.74) is 6.76. The van der Waals surface area contributed by atoms with Crippen molar-refractivity contribution in [3.05, 3.63) is 97.1 Å². The molecular formula is C45H16B10N4O2. The SMILES string of the molecule is [B]c1c([B])c([B])c(-c2nc(-c3ccc4c(c3)oc3ccc(-n5c6ccccc6c6ccc7c8ccccc8oc7c65)cc34)nc(-c3c([B])c([B])c([B])c([B])c3[B])n2)c([B])c1[B]. The van der Waals surface area contributed by atoms with Crippen LogP contribution in [-0.2, 0) is 0 Å². The first-order valence-electron chi connectivity index (χ1n) is 19.0. The van der Waals surface area contributed by atoms with Crippen LogP contribution in [0, 0.1) is 0 Å². The molecule has 0 spiro atoms. The van der Waals surface area contributed by atoms with Crippen molar-refractivity contribution in [3.8, 4) is 39.9 Å². The van der Waals surface area contributed by atoms with E-state index < -0.39 is 0 Å². The van der Waals surface area contributed by atoms with E-state index >= 15 is 0 Å². The van der Waals surface area contributed by atoms with Gasteiger partial charge in [0.05, 0.1) is 11.0 Å². The normalized spacial score (nSPS) is 11.9. The Morgan fingerprint density at radius 3 is 1.54 bits per heavy atom.